The highest BCUT2D eigenvalue weighted by atomic mass is 16.5. The van der Waals surface area contributed by atoms with Crippen LogP contribution in [0.2, 0.25) is 0 Å². The molecule has 0 aliphatic heterocycles. The predicted molar refractivity (Wildman–Crippen MR) is 102 cm³/mol. The Labute approximate surface area is 149 Å². The number of nitrogens with zero attached hydrogens (tertiary/aromatic N) is 2. The lowest BCUT2D eigenvalue weighted by Crippen LogP contribution is -2.32. The lowest BCUT2D eigenvalue weighted by atomic mass is 10.2. The zero-order chi connectivity index (χ0) is 18.1. The van der Waals surface area contributed by atoms with Gasteiger partial charge in [0.25, 0.3) is 0 Å². The summed E-state index contributed by atoms with van der Waals surface area (Å²) in [5, 5.41) is 6.56. The monoisotopic (exact) mass is 342 g/mol. The van der Waals surface area contributed by atoms with Gasteiger partial charge in [-0.25, -0.2) is 0 Å². The van der Waals surface area contributed by atoms with E-state index in [-0.39, 0.29) is 0 Å². The van der Waals surface area contributed by atoms with Gasteiger partial charge < -0.3 is 20.1 Å². The van der Waals surface area contributed by atoms with Crippen molar-refractivity contribution in [1.29, 1.82) is 0 Å². The van der Waals surface area contributed by atoms with Crippen LogP contribution in [-0.4, -0.2) is 38.3 Å². The first-order valence-electron chi connectivity index (χ1n) is 8.36. The summed E-state index contributed by atoms with van der Waals surface area (Å²) in [6.07, 6.45) is 2.78. The summed E-state index contributed by atoms with van der Waals surface area (Å²) >= 11 is 0. The summed E-state index contributed by atoms with van der Waals surface area (Å²) in [4.78, 5) is 8.56. The second kappa shape index (κ2) is 9.52. The molecule has 0 saturated carbocycles. The van der Waals surface area contributed by atoms with Crippen molar-refractivity contribution in [1.82, 2.24) is 10.3 Å². The maximum Gasteiger partial charge on any atom is 0.195 e. The van der Waals surface area contributed by atoms with E-state index in [2.05, 4.69) is 26.7 Å². The van der Waals surface area contributed by atoms with Crippen molar-refractivity contribution >= 4 is 11.6 Å². The molecule has 1 aromatic heterocycles. The van der Waals surface area contributed by atoms with E-state index in [1.807, 2.05) is 44.3 Å². The molecule has 6 heteroatoms. The molecule has 0 saturated heterocycles. The number of nitrogens with one attached hydrogen (secondary N) is 2. The predicted octanol–water partition coefficient (Wildman–Crippen LogP) is 3.03. The minimum atomic E-state index is 0.581. The fourth-order valence-electron chi connectivity index (χ4n) is 2.31. The first kappa shape index (κ1) is 18.6. The van der Waals surface area contributed by atoms with Crippen molar-refractivity contribution in [3.8, 4) is 11.5 Å². The molecule has 0 atom stereocenters. The van der Waals surface area contributed by atoms with E-state index in [9.17, 15) is 0 Å². The van der Waals surface area contributed by atoms with E-state index < -0.39 is 0 Å². The van der Waals surface area contributed by atoms with Crippen LogP contribution >= 0.6 is 0 Å². The van der Waals surface area contributed by atoms with E-state index in [0.717, 1.165) is 24.3 Å². The van der Waals surface area contributed by atoms with Gasteiger partial charge in [-0.3, -0.25) is 9.98 Å². The number of guanidine groups is 1. The highest BCUT2D eigenvalue weighted by Crippen LogP contribution is 2.30. The Balaban J connectivity index is 1.93. The molecule has 0 aliphatic carbocycles. The summed E-state index contributed by atoms with van der Waals surface area (Å²) in [7, 11) is 3.38. The third-order valence-corrected chi connectivity index (χ3v) is 3.63. The summed E-state index contributed by atoms with van der Waals surface area (Å²) in [5.74, 6) is 2.12. The largest absolute Gasteiger partial charge is 0.493 e. The fraction of sp³-hybridized carbons (Fsp3) is 0.368. The fourth-order valence-corrected chi connectivity index (χ4v) is 2.31. The lowest BCUT2D eigenvalue weighted by molar-refractivity contribution is 0.311. The zero-order valence-corrected chi connectivity index (χ0v) is 15.3. The number of aryl methyl sites for hydroxylation is 1. The first-order valence-corrected chi connectivity index (χ1v) is 8.36. The second-order valence-electron chi connectivity index (χ2n) is 5.48. The van der Waals surface area contributed by atoms with Crippen LogP contribution in [0.4, 0.5) is 5.69 Å². The molecule has 6 nitrogen and oxygen atoms in total. The third kappa shape index (κ3) is 5.67. The van der Waals surface area contributed by atoms with E-state index in [1.165, 1.54) is 5.56 Å². The van der Waals surface area contributed by atoms with Gasteiger partial charge in [0.05, 0.1) is 13.7 Å². The maximum absolute atomic E-state index is 5.60. The highest BCUT2D eigenvalue weighted by Gasteiger charge is 2.07. The SMILES string of the molecule is CCOc1cc(NC(=NC)NCCc2ccc(C)nc2)ccc1OC. The van der Waals surface area contributed by atoms with Crippen LogP contribution in [0.25, 0.3) is 0 Å². The number of aromatic nitrogens is 1. The number of benzene rings is 1. The number of methoxy groups -OCH3 is 1. The van der Waals surface area contributed by atoms with Crippen molar-refractivity contribution in [2.24, 2.45) is 4.99 Å². The van der Waals surface area contributed by atoms with E-state index in [1.54, 1.807) is 14.2 Å². The average molecular weight is 342 g/mol. The molecule has 25 heavy (non-hydrogen) atoms. The van der Waals surface area contributed by atoms with Gasteiger partial charge in [-0.05, 0) is 44.0 Å². The molecular formula is C19H26N4O2. The van der Waals surface area contributed by atoms with Gasteiger partial charge in [0.15, 0.2) is 17.5 Å². The number of ether oxygens (including phenoxy) is 2. The van der Waals surface area contributed by atoms with Gasteiger partial charge in [0.2, 0.25) is 0 Å². The van der Waals surface area contributed by atoms with Gasteiger partial charge in [0, 0.05) is 37.2 Å². The van der Waals surface area contributed by atoms with Gasteiger partial charge in [-0.15, -0.1) is 0 Å². The molecule has 0 aliphatic rings. The quantitative estimate of drug-likeness (QED) is 0.598. The summed E-state index contributed by atoms with van der Waals surface area (Å²) in [5.41, 5.74) is 3.10. The Bertz CT molecular complexity index is 699. The molecule has 2 N–H and O–H groups in total. The van der Waals surface area contributed by atoms with Crippen molar-refractivity contribution in [2.75, 3.05) is 32.6 Å². The number of hydrogen-bond acceptors (Lipinski definition) is 4. The molecule has 1 heterocycles. The molecule has 2 aromatic rings. The van der Waals surface area contributed by atoms with E-state index in [0.29, 0.717) is 24.1 Å². The molecule has 0 unspecified atom stereocenters. The molecule has 0 radical (unpaired) electrons. The Hall–Kier alpha value is -2.76. The Morgan fingerprint density at radius 3 is 2.68 bits per heavy atom. The lowest BCUT2D eigenvalue weighted by Gasteiger charge is -2.14. The van der Waals surface area contributed by atoms with Crippen LogP contribution in [0.5, 0.6) is 11.5 Å². The van der Waals surface area contributed by atoms with Crippen LogP contribution < -0.4 is 20.1 Å². The van der Waals surface area contributed by atoms with Crippen LogP contribution in [-0.2, 0) is 6.42 Å². The Kier molecular flexibility index (Phi) is 7.07. The van der Waals surface area contributed by atoms with E-state index >= 15 is 0 Å². The zero-order valence-electron chi connectivity index (χ0n) is 15.3. The van der Waals surface area contributed by atoms with Gasteiger partial charge in [-0.1, -0.05) is 6.07 Å². The maximum atomic E-state index is 5.60. The van der Waals surface area contributed by atoms with Crippen LogP contribution in [0.15, 0.2) is 41.5 Å². The van der Waals surface area contributed by atoms with Gasteiger partial charge in [0.1, 0.15) is 0 Å². The number of rotatable bonds is 7. The molecule has 134 valence electrons. The normalized spacial score (nSPS) is 11.1. The molecule has 1 aromatic carbocycles. The van der Waals surface area contributed by atoms with Crippen LogP contribution in [0.1, 0.15) is 18.2 Å². The molecule has 0 amide bonds. The summed E-state index contributed by atoms with van der Waals surface area (Å²) < 4.78 is 10.9. The molecule has 2 rings (SSSR count). The number of anilines is 1. The van der Waals surface area contributed by atoms with Gasteiger partial charge >= 0.3 is 0 Å². The topological polar surface area (TPSA) is 67.8 Å². The molecule has 0 spiro atoms. The minimum absolute atomic E-state index is 0.581. The number of pyridine rings is 1. The Morgan fingerprint density at radius 1 is 1.20 bits per heavy atom. The first-order chi connectivity index (χ1) is 12.2. The minimum Gasteiger partial charge on any atom is -0.493 e. The van der Waals surface area contributed by atoms with Crippen molar-refractivity contribution in [2.45, 2.75) is 20.3 Å². The second-order valence-corrected chi connectivity index (χ2v) is 5.48. The molecule has 0 bridgehead atoms. The summed E-state index contributed by atoms with van der Waals surface area (Å²) in [6.45, 7) is 5.27. The third-order valence-electron chi connectivity index (χ3n) is 3.63. The van der Waals surface area contributed by atoms with Crippen molar-refractivity contribution in [3.05, 3.63) is 47.8 Å². The highest BCUT2D eigenvalue weighted by molar-refractivity contribution is 5.93. The standard InChI is InChI=1S/C19H26N4O2/c1-5-25-18-12-16(8-9-17(18)24-4)23-19(20-3)21-11-10-15-7-6-14(2)22-13-15/h6-9,12-13H,5,10-11H2,1-4H3,(H2,20,21,23). The van der Waals surface area contributed by atoms with Crippen molar-refractivity contribution < 1.29 is 9.47 Å². The summed E-state index contributed by atoms with van der Waals surface area (Å²) in [6, 6.07) is 9.82. The smallest absolute Gasteiger partial charge is 0.195 e. The number of aliphatic imine (C=N–C) groups is 1. The van der Waals surface area contributed by atoms with E-state index in [4.69, 9.17) is 9.47 Å². The van der Waals surface area contributed by atoms with Gasteiger partial charge in [-0.2, -0.15) is 0 Å². The van der Waals surface area contributed by atoms with Crippen LogP contribution in [0, 0.1) is 6.92 Å². The van der Waals surface area contributed by atoms with Crippen LogP contribution in [0.3, 0.4) is 0 Å². The average Bonchev–Trinajstić information content (AvgIpc) is 2.63. The van der Waals surface area contributed by atoms with Crippen molar-refractivity contribution in [3.63, 3.8) is 0 Å². The molecular weight excluding hydrogens is 316 g/mol. The number of hydrogen-bond donors (Lipinski definition) is 2. The molecule has 0 fully saturated rings. The Morgan fingerprint density at radius 2 is 2.04 bits per heavy atom.